The molecule has 0 unspecified atom stereocenters. The van der Waals surface area contributed by atoms with E-state index in [1.54, 1.807) is 42.4 Å². The van der Waals surface area contributed by atoms with E-state index in [4.69, 9.17) is 0 Å². The molecule has 0 aliphatic carbocycles. The largest absolute Gasteiger partial charge is 0.315 e. The normalized spacial score (nSPS) is 14.3. The summed E-state index contributed by atoms with van der Waals surface area (Å²) in [5, 5.41) is 0.860. The number of pyridine rings is 1. The van der Waals surface area contributed by atoms with Gasteiger partial charge in [-0.1, -0.05) is 18.2 Å². The highest BCUT2D eigenvalue weighted by molar-refractivity contribution is 7.92. The molecule has 1 aromatic heterocycles. The number of rotatable bonds is 3. The third-order valence-electron chi connectivity index (χ3n) is 4.58. The molecule has 3 aromatic rings. The van der Waals surface area contributed by atoms with Gasteiger partial charge in [0.05, 0.1) is 16.1 Å². The average Bonchev–Trinajstić information content (AvgIpc) is 2.64. The minimum absolute atomic E-state index is 0.0352. The van der Waals surface area contributed by atoms with E-state index < -0.39 is 10.0 Å². The van der Waals surface area contributed by atoms with Crippen LogP contribution in [-0.2, 0) is 21.2 Å². The molecule has 1 aliphatic heterocycles. The third kappa shape index (κ3) is 2.80. The van der Waals surface area contributed by atoms with Gasteiger partial charge in [-0.3, -0.25) is 14.5 Å². The fraction of sp³-hybridized carbons (Fsp3) is 0.158. The van der Waals surface area contributed by atoms with E-state index in [-0.39, 0.29) is 10.8 Å². The lowest BCUT2D eigenvalue weighted by Crippen LogP contribution is -2.31. The lowest BCUT2D eigenvalue weighted by Gasteiger charge is -2.26. The number of fused-ring (bicyclic) bond motifs is 2. The van der Waals surface area contributed by atoms with Crippen LogP contribution in [0, 0.1) is 0 Å². The monoisotopic (exact) mass is 367 g/mol. The van der Waals surface area contributed by atoms with Crippen molar-refractivity contribution in [2.45, 2.75) is 17.7 Å². The predicted molar refractivity (Wildman–Crippen MR) is 101 cm³/mol. The Morgan fingerprint density at radius 1 is 1.08 bits per heavy atom. The lowest BCUT2D eigenvalue weighted by molar-refractivity contribution is -0.118. The number of hydrogen-bond donors (Lipinski definition) is 1. The first-order valence-electron chi connectivity index (χ1n) is 8.22. The molecule has 1 amide bonds. The van der Waals surface area contributed by atoms with Gasteiger partial charge in [0, 0.05) is 30.7 Å². The quantitative estimate of drug-likeness (QED) is 0.772. The molecule has 2 aromatic carbocycles. The number of hydrogen-bond acceptors (Lipinski definition) is 4. The topological polar surface area (TPSA) is 79.4 Å². The second kappa shape index (κ2) is 6.10. The van der Waals surface area contributed by atoms with Crippen LogP contribution < -0.4 is 9.62 Å². The van der Waals surface area contributed by atoms with Crippen LogP contribution in [0.15, 0.2) is 59.6 Å². The zero-order valence-corrected chi connectivity index (χ0v) is 15.0. The van der Waals surface area contributed by atoms with Gasteiger partial charge in [-0.05, 0) is 42.3 Å². The molecule has 0 bridgehead atoms. The van der Waals surface area contributed by atoms with Crippen molar-refractivity contribution in [3.63, 3.8) is 0 Å². The summed E-state index contributed by atoms with van der Waals surface area (Å²) >= 11 is 0. The van der Waals surface area contributed by atoms with Gasteiger partial charge in [-0.15, -0.1) is 0 Å². The first kappa shape index (κ1) is 16.5. The van der Waals surface area contributed by atoms with Crippen LogP contribution in [0.25, 0.3) is 10.9 Å². The number of carbonyl (C=O) groups is 1. The highest BCUT2D eigenvalue weighted by Gasteiger charge is 2.24. The van der Waals surface area contributed by atoms with Crippen molar-refractivity contribution in [2.24, 2.45) is 0 Å². The predicted octanol–water partition coefficient (Wildman–Crippen LogP) is 2.94. The first-order valence-corrected chi connectivity index (χ1v) is 9.70. The Bertz CT molecular complexity index is 1120. The van der Waals surface area contributed by atoms with Gasteiger partial charge in [0.15, 0.2) is 0 Å². The molecule has 1 aliphatic rings. The van der Waals surface area contributed by atoms with Crippen LogP contribution in [0.3, 0.4) is 0 Å². The first-order chi connectivity index (χ1) is 12.5. The molecule has 2 heterocycles. The van der Waals surface area contributed by atoms with Crippen molar-refractivity contribution in [2.75, 3.05) is 16.7 Å². The van der Waals surface area contributed by atoms with E-state index in [1.165, 1.54) is 6.07 Å². The minimum atomic E-state index is -3.76. The number of anilines is 2. The maximum absolute atomic E-state index is 12.9. The fourth-order valence-corrected chi connectivity index (χ4v) is 4.31. The Kier molecular flexibility index (Phi) is 3.88. The smallest absolute Gasteiger partial charge is 0.261 e. The Balaban J connectivity index is 1.72. The van der Waals surface area contributed by atoms with Crippen molar-refractivity contribution in [1.82, 2.24) is 4.98 Å². The SMILES string of the molecule is CN1C(=O)CCc2cc(S(=O)(=O)Nc3cccc4cccnc34)ccc21. The highest BCUT2D eigenvalue weighted by Crippen LogP contribution is 2.30. The summed E-state index contributed by atoms with van der Waals surface area (Å²) in [6.45, 7) is 0. The molecular formula is C19H17N3O3S. The molecule has 0 spiro atoms. The standard InChI is InChI=1S/C19H17N3O3S/c1-22-17-9-8-15(12-14(17)7-10-18(22)23)26(24,25)21-16-6-2-4-13-5-3-11-20-19(13)16/h2-6,8-9,11-12,21H,7,10H2,1H3. The average molecular weight is 367 g/mol. The minimum Gasteiger partial charge on any atom is -0.315 e. The Morgan fingerprint density at radius 3 is 2.73 bits per heavy atom. The number of amides is 1. The van der Waals surface area contributed by atoms with Crippen LogP contribution in [0.1, 0.15) is 12.0 Å². The molecule has 6 nitrogen and oxygen atoms in total. The van der Waals surface area contributed by atoms with Gasteiger partial charge in [-0.25, -0.2) is 8.42 Å². The number of benzene rings is 2. The van der Waals surface area contributed by atoms with Gasteiger partial charge >= 0.3 is 0 Å². The second-order valence-corrected chi connectivity index (χ2v) is 7.91. The van der Waals surface area contributed by atoms with Crippen molar-refractivity contribution in [1.29, 1.82) is 0 Å². The van der Waals surface area contributed by atoms with Crippen molar-refractivity contribution in [3.8, 4) is 0 Å². The third-order valence-corrected chi connectivity index (χ3v) is 5.95. The maximum Gasteiger partial charge on any atom is 0.261 e. The van der Waals surface area contributed by atoms with Crippen LogP contribution in [-0.4, -0.2) is 26.4 Å². The summed E-state index contributed by atoms with van der Waals surface area (Å²) in [6, 6.07) is 13.9. The number of aromatic nitrogens is 1. The van der Waals surface area contributed by atoms with Gasteiger partial charge in [0.1, 0.15) is 0 Å². The van der Waals surface area contributed by atoms with Crippen molar-refractivity contribution < 1.29 is 13.2 Å². The van der Waals surface area contributed by atoms with Crippen molar-refractivity contribution in [3.05, 3.63) is 60.3 Å². The molecular weight excluding hydrogens is 350 g/mol. The van der Waals surface area contributed by atoms with Gasteiger partial charge < -0.3 is 4.90 Å². The fourth-order valence-electron chi connectivity index (χ4n) is 3.19. The summed E-state index contributed by atoms with van der Waals surface area (Å²) in [7, 11) is -2.06. The van der Waals surface area contributed by atoms with Crippen LogP contribution in [0.4, 0.5) is 11.4 Å². The Morgan fingerprint density at radius 2 is 1.88 bits per heavy atom. The number of sulfonamides is 1. The van der Waals surface area contributed by atoms with E-state index in [1.807, 2.05) is 18.2 Å². The molecule has 26 heavy (non-hydrogen) atoms. The van der Waals surface area contributed by atoms with E-state index in [9.17, 15) is 13.2 Å². The van der Waals surface area contributed by atoms with Gasteiger partial charge in [0.2, 0.25) is 5.91 Å². The van der Waals surface area contributed by atoms with Crippen LogP contribution in [0.5, 0.6) is 0 Å². The molecule has 0 radical (unpaired) electrons. The van der Waals surface area contributed by atoms with Gasteiger partial charge in [-0.2, -0.15) is 0 Å². The van der Waals surface area contributed by atoms with E-state index in [2.05, 4.69) is 9.71 Å². The van der Waals surface area contributed by atoms with E-state index in [0.29, 0.717) is 24.0 Å². The number of para-hydroxylation sites is 1. The summed E-state index contributed by atoms with van der Waals surface area (Å²) in [6.07, 6.45) is 2.55. The molecule has 0 atom stereocenters. The zero-order chi connectivity index (χ0) is 18.3. The van der Waals surface area contributed by atoms with E-state index >= 15 is 0 Å². The Labute approximate surface area is 151 Å². The number of carbonyl (C=O) groups excluding carboxylic acids is 1. The molecule has 7 heteroatoms. The molecule has 1 N–H and O–H groups in total. The number of nitrogens with one attached hydrogen (secondary N) is 1. The molecule has 0 saturated heterocycles. The number of aryl methyl sites for hydroxylation is 1. The summed E-state index contributed by atoms with van der Waals surface area (Å²) in [4.78, 5) is 17.8. The maximum atomic E-state index is 12.9. The molecule has 4 rings (SSSR count). The summed E-state index contributed by atoms with van der Waals surface area (Å²) in [5.41, 5.74) is 2.65. The summed E-state index contributed by atoms with van der Waals surface area (Å²) in [5.74, 6) is 0.0352. The highest BCUT2D eigenvalue weighted by atomic mass is 32.2. The van der Waals surface area contributed by atoms with Crippen molar-refractivity contribution >= 4 is 38.2 Å². The van der Waals surface area contributed by atoms with Crippen LogP contribution >= 0.6 is 0 Å². The zero-order valence-electron chi connectivity index (χ0n) is 14.1. The molecule has 0 fully saturated rings. The number of nitrogens with zero attached hydrogens (tertiary/aromatic N) is 2. The van der Waals surface area contributed by atoms with E-state index in [0.717, 1.165) is 16.6 Å². The molecule has 0 saturated carbocycles. The Hall–Kier alpha value is -2.93. The summed E-state index contributed by atoms with van der Waals surface area (Å²) < 4.78 is 28.3. The van der Waals surface area contributed by atoms with Gasteiger partial charge in [0.25, 0.3) is 10.0 Å². The van der Waals surface area contributed by atoms with Crippen LogP contribution in [0.2, 0.25) is 0 Å². The molecule has 132 valence electrons. The second-order valence-electron chi connectivity index (χ2n) is 6.23. The lowest BCUT2D eigenvalue weighted by atomic mass is 10.0.